The van der Waals surface area contributed by atoms with Crippen LogP contribution >= 0.6 is 11.8 Å². The molecule has 5 rings (SSSR count). The Hall–Kier alpha value is -2.82. The van der Waals surface area contributed by atoms with Gasteiger partial charge in [-0.25, -0.2) is 8.42 Å². The molecule has 2 saturated heterocycles. The Balaban J connectivity index is 1.17. The van der Waals surface area contributed by atoms with Gasteiger partial charge in [0.05, 0.1) is 16.9 Å². The normalized spacial score (nSPS) is 23.3. The second-order valence-electron chi connectivity index (χ2n) is 9.29. The molecular formula is C26H29N3O5S2. The molecule has 3 unspecified atom stereocenters. The molecule has 0 saturated carbocycles. The number of benzene rings is 2. The van der Waals surface area contributed by atoms with Crippen LogP contribution in [-0.2, 0) is 27.8 Å². The van der Waals surface area contributed by atoms with Crippen molar-refractivity contribution in [3.63, 3.8) is 0 Å². The van der Waals surface area contributed by atoms with E-state index in [0.717, 1.165) is 42.7 Å². The number of hydrogen-bond acceptors (Lipinski definition) is 6. The lowest BCUT2D eigenvalue weighted by Crippen LogP contribution is -2.33. The van der Waals surface area contributed by atoms with Gasteiger partial charge in [0.1, 0.15) is 5.75 Å². The second kappa shape index (κ2) is 10.3. The van der Waals surface area contributed by atoms with E-state index in [0.29, 0.717) is 25.2 Å². The Labute approximate surface area is 215 Å². The number of nitrogens with one attached hydrogen (secondary N) is 2. The van der Waals surface area contributed by atoms with Crippen LogP contribution in [0, 0.1) is 5.92 Å². The Morgan fingerprint density at radius 1 is 1.17 bits per heavy atom. The second-order valence-corrected chi connectivity index (χ2v) is 12.7. The van der Waals surface area contributed by atoms with Gasteiger partial charge in [0.25, 0.3) is 5.91 Å². The van der Waals surface area contributed by atoms with Crippen molar-refractivity contribution < 1.29 is 22.7 Å². The van der Waals surface area contributed by atoms with Crippen LogP contribution in [0.15, 0.2) is 60.0 Å². The van der Waals surface area contributed by atoms with Crippen molar-refractivity contribution in [2.45, 2.75) is 41.3 Å². The molecule has 3 aliphatic heterocycles. The SMILES string of the molecule is C=CC(=O)NC1CC2CN(S(=O)(=O)c3ccc(C(=O)NCc4ccc5c(c4)CCCO5)cc3)CC2S1. The van der Waals surface area contributed by atoms with E-state index in [-0.39, 0.29) is 33.3 Å². The van der Waals surface area contributed by atoms with Gasteiger partial charge in [-0.2, -0.15) is 4.31 Å². The van der Waals surface area contributed by atoms with E-state index < -0.39 is 10.0 Å². The summed E-state index contributed by atoms with van der Waals surface area (Å²) >= 11 is 1.61. The van der Waals surface area contributed by atoms with Crippen LogP contribution in [0.1, 0.15) is 34.3 Å². The van der Waals surface area contributed by atoms with Crippen LogP contribution < -0.4 is 15.4 Å². The summed E-state index contributed by atoms with van der Waals surface area (Å²) in [4.78, 5) is 24.4. The highest BCUT2D eigenvalue weighted by atomic mass is 32.2. The van der Waals surface area contributed by atoms with E-state index in [2.05, 4.69) is 23.3 Å². The van der Waals surface area contributed by atoms with Crippen LogP contribution in [0.4, 0.5) is 0 Å². The van der Waals surface area contributed by atoms with Gasteiger partial charge in [-0.1, -0.05) is 18.7 Å². The Bertz CT molecular complexity index is 1260. The summed E-state index contributed by atoms with van der Waals surface area (Å²) < 4.78 is 33.5. The minimum Gasteiger partial charge on any atom is -0.493 e. The average Bonchev–Trinajstić information content (AvgIpc) is 3.46. The first kappa shape index (κ1) is 24.9. The average molecular weight is 528 g/mol. The topological polar surface area (TPSA) is 105 Å². The van der Waals surface area contributed by atoms with E-state index in [1.165, 1.54) is 22.5 Å². The zero-order chi connectivity index (χ0) is 25.3. The summed E-state index contributed by atoms with van der Waals surface area (Å²) in [5, 5.41) is 5.93. The number of carbonyl (C=O) groups is 2. The van der Waals surface area contributed by atoms with Crippen molar-refractivity contribution in [2.75, 3.05) is 19.7 Å². The fourth-order valence-electron chi connectivity index (χ4n) is 4.97. The molecule has 8 nitrogen and oxygen atoms in total. The van der Waals surface area contributed by atoms with Crippen molar-refractivity contribution in [1.29, 1.82) is 0 Å². The van der Waals surface area contributed by atoms with Gasteiger partial charge in [-0.05, 0) is 72.7 Å². The maximum Gasteiger partial charge on any atom is 0.251 e. The molecule has 36 heavy (non-hydrogen) atoms. The van der Waals surface area contributed by atoms with E-state index in [4.69, 9.17) is 4.74 Å². The number of fused-ring (bicyclic) bond motifs is 2. The summed E-state index contributed by atoms with van der Waals surface area (Å²) in [6.07, 6.45) is 3.94. The summed E-state index contributed by atoms with van der Waals surface area (Å²) in [7, 11) is -3.66. The van der Waals surface area contributed by atoms with Crippen molar-refractivity contribution in [3.05, 3.63) is 71.8 Å². The summed E-state index contributed by atoms with van der Waals surface area (Å²) in [5.74, 6) is 0.638. The predicted molar refractivity (Wildman–Crippen MR) is 138 cm³/mol. The summed E-state index contributed by atoms with van der Waals surface area (Å²) in [6, 6.07) is 12.0. The molecule has 2 fully saturated rings. The summed E-state index contributed by atoms with van der Waals surface area (Å²) in [5.41, 5.74) is 2.56. The van der Waals surface area contributed by atoms with Crippen molar-refractivity contribution in [3.8, 4) is 5.75 Å². The van der Waals surface area contributed by atoms with Crippen LogP contribution in [0.3, 0.4) is 0 Å². The number of sulfonamides is 1. The molecule has 10 heteroatoms. The Morgan fingerprint density at radius 3 is 2.72 bits per heavy atom. The maximum absolute atomic E-state index is 13.2. The Morgan fingerprint density at radius 2 is 1.97 bits per heavy atom. The lowest BCUT2D eigenvalue weighted by Gasteiger charge is -2.19. The predicted octanol–water partition coefficient (Wildman–Crippen LogP) is 2.70. The molecule has 0 aromatic heterocycles. The lowest BCUT2D eigenvalue weighted by atomic mass is 10.0. The van der Waals surface area contributed by atoms with E-state index in [9.17, 15) is 18.0 Å². The van der Waals surface area contributed by atoms with Gasteiger partial charge in [0, 0.05) is 30.4 Å². The molecule has 2 amide bonds. The molecule has 0 aliphatic carbocycles. The van der Waals surface area contributed by atoms with Crippen molar-refractivity contribution >= 4 is 33.6 Å². The lowest BCUT2D eigenvalue weighted by molar-refractivity contribution is -0.116. The molecule has 0 spiro atoms. The van der Waals surface area contributed by atoms with Gasteiger partial charge < -0.3 is 15.4 Å². The first-order chi connectivity index (χ1) is 17.3. The van der Waals surface area contributed by atoms with Gasteiger partial charge in [-0.15, -0.1) is 11.8 Å². The third kappa shape index (κ3) is 5.16. The third-order valence-corrected chi connectivity index (χ3v) is 10.2. The number of thioether (sulfide) groups is 1. The number of ether oxygens (including phenoxy) is 1. The van der Waals surface area contributed by atoms with Gasteiger partial charge in [0.15, 0.2) is 0 Å². The Kier molecular flexibility index (Phi) is 7.09. The molecular weight excluding hydrogens is 498 g/mol. The molecule has 0 radical (unpaired) electrons. The number of amides is 2. The minimum absolute atomic E-state index is 0.0113. The fraction of sp³-hybridized carbons (Fsp3) is 0.385. The minimum atomic E-state index is -3.66. The summed E-state index contributed by atoms with van der Waals surface area (Å²) in [6.45, 7) is 5.43. The van der Waals surface area contributed by atoms with Gasteiger partial charge in [-0.3, -0.25) is 9.59 Å². The third-order valence-electron chi connectivity index (χ3n) is 6.87. The van der Waals surface area contributed by atoms with Crippen LogP contribution in [0.2, 0.25) is 0 Å². The molecule has 2 N–H and O–H groups in total. The van der Waals surface area contributed by atoms with E-state index in [1.54, 1.807) is 23.9 Å². The number of hydrogen-bond donors (Lipinski definition) is 2. The maximum atomic E-state index is 13.2. The van der Waals surface area contributed by atoms with Crippen LogP contribution in [-0.4, -0.2) is 54.9 Å². The zero-order valence-corrected chi connectivity index (χ0v) is 21.4. The van der Waals surface area contributed by atoms with Gasteiger partial charge >= 0.3 is 0 Å². The molecule has 3 atom stereocenters. The fourth-order valence-corrected chi connectivity index (χ4v) is 8.23. The largest absolute Gasteiger partial charge is 0.493 e. The highest BCUT2D eigenvalue weighted by Crippen LogP contribution is 2.43. The van der Waals surface area contributed by atoms with Crippen LogP contribution in [0.25, 0.3) is 0 Å². The molecule has 190 valence electrons. The first-order valence-electron chi connectivity index (χ1n) is 12.0. The van der Waals surface area contributed by atoms with E-state index in [1.807, 2.05) is 12.1 Å². The zero-order valence-electron chi connectivity index (χ0n) is 19.8. The standard InChI is InChI=1S/C26H29N3O5S2/c1-2-24(30)28-25-13-20-15-29(16-23(20)35-25)36(32,33)21-8-6-18(7-9-21)26(31)27-14-17-5-10-22-19(12-17)4-3-11-34-22/h2,5-10,12,20,23,25H,1,3-4,11,13-16H2,(H,27,31)(H,28,30). The number of nitrogens with zero attached hydrogens (tertiary/aromatic N) is 1. The molecule has 3 heterocycles. The van der Waals surface area contributed by atoms with E-state index >= 15 is 0 Å². The highest BCUT2D eigenvalue weighted by Gasteiger charge is 2.45. The van der Waals surface area contributed by atoms with Crippen LogP contribution in [0.5, 0.6) is 5.75 Å². The quantitative estimate of drug-likeness (QED) is 0.537. The highest BCUT2D eigenvalue weighted by molar-refractivity contribution is 8.00. The monoisotopic (exact) mass is 527 g/mol. The molecule has 2 aromatic carbocycles. The van der Waals surface area contributed by atoms with Crippen molar-refractivity contribution in [2.24, 2.45) is 5.92 Å². The smallest absolute Gasteiger partial charge is 0.251 e. The number of rotatable bonds is 7. The number of aryl methyl sites for hydroxylation is 1. The molecule has 3 aliphatic rings. The first-order valence-corrected chi connectivity index (χ1v) is 14.4. The van der Waals surface area contributed by atoms with Crippen molar-refractivity contribution in [1.82, 2.24) is 14.9 Å². The number of carbonyl (C=O) groups excluding carboxylic acids is 2. The molecule has 0 bridgehead atoms. The van der Waals surface area contributed by atoms with Gasteiger partial charge in [0.2, 0.25) is 15.9 Å². The molecule has 2 aromatic rings.